The Morgan fingerprint density at radius 2 is 1.01 bits per heavy atom. The van der Waals surface area contributed by atoms with Crippen molar-refractivity contribution in [3.8, 4) is 11.5 Å². The van der Waals surface area contributed by atoms with Crippen LogP contribution in [0.25, 0.3) is 0 Å². The molecule has 488 valence electrons. The number of anilines is 2. The summed E-state index contributed by atoms with van der Waals surface area (Å²) in [5.41, 5.74) is 6.81. The number of hydrogen-bond acceptors (Lipinski definition) is 14. The van der Waals surface area contributed by atoms with E-state index in [0.717, 1.165) is 112 Å². The molecule has 4 bridgehead atoms. The number of ether oxygens (including phenoxy) is 6. The van der Waals surface area contributed by atoms with Crippen molar-refractivity contribution in [2.45, 2.75) is 138 Å². The molecular weight excluding hydrogens is 1220 g/mol. The van der Waals surface area contributed by atoms with Crippen molar-refractivity contribution >= 4 is 66.4 Å². The van der Waals surface area contributed by atoms with E-state index in [0.29, 0.717) is 74.4 Å². The number of amides is 2. The fraction of sp³-hybridized carbons (Fsp3) is 0.571. The van der Waals surface area contributed by atoms with E-state index >= 15 is 0 Å². The van der Waals surface area contributed by atoms with Gasteiger partial charge in [-0.15, -0.1) is 0 Å². The van der Waals surface area contributed by atoms with E-state index in [2.05, 4.69) is 55.7 Å². The maximum Gasteiger partial charge on any atom is 0.264 e. The van der Waals surface area contributed by atoms with Crippen LogP contribution in [-0.2, 0) is 62.7 Å². The molecule has 0 unspecified atom stereocenters. The van der Waals surface area contributed by atoms with Gasteiger partial charge in [-0.25, -0.2) is 26.3 Å². The Balaban J connectivity index is 0.000000185. The highest BCUT2D eigenvalue weighted by Crippen LogP contribution is 2.50. The summed E-state index contributed by atoms with van der Waals surface area (Å²) >= 11 is 12.8. The van der Waals surface area contributed by atoms with E-state index in [1.54, 1.807) is 38.5 Å². The van der Waals surface area contributed by atoms with Crippen LogP contribution in [-0.4, -0.2) is 131 Å². The Kier molecular flexibility index (Phi) is 20.8. The third-order valence-corrected chi connectivity index (χ3v) is 25.2. The minimum Gasteiger partial charge on any atom is -0.490 e. The lowest BCUT2D eigenvalue weighted by atomic mass is 9.68. The number of aryl methyl sites for hydroxylation is 2. The van der Waals surface area contributed by atoms with Crippen LogP contribution in [0.2, 0.25) is 10.0 Å². The van der Waals surface area contributed by atoms with Gasteiger partial charge in [-0.3, -0.25) is 9.59 Å². The topological polar surface area (TPSA) is 188 Å². The predicted molar refractivity (Wildman–Crippen MR) is 354 cm³/mol. The molecule has 12 atom stereocenters. The van der Waals surface area contributed by atoms with Gasteiger partial charge in [0, 0.05) is 85.6 Å². The molecule has 4 aliphatic heterocycles. The maximum atomic E-state index is 13.6. The van der Waals surface area contributed by atoms with E-state index in [4.69, 9.17) is 51.6 Å². The van der Waals surface area contributed by atoms with Gasteiger partial charge in [0.1, 0.15) is 22.0 Å². The quantitative estimate of drug-likeness (QED) is 0.159. The molecule has 2 amide bonds. The molecule has 2 spiro atoms. The predicted octanol–water partition coefficient (Wildman–Crippen LogP) is 11.8. The van der Waals surface area contributed by atoms with Crippen molar-refractivity contribution in [3.05, 3.63) is 141 Å². The summed E-state index contributed by atoms with van der Waals surface area (Å²) in [4.78, 5) is 31.9. The first-order chi connectivity index (χ1) is 43.3. The molecule has 4 aliphatic carbocycles. The number of methoxy groups -OCH3 is 2. The second kappa shape index (κ2) is 28.2. The van der Waals surface area contributed by atoms with Gasteiger partial charge >= 0.3 is 0 Å². The number of nitrogens with zero attached hydrogens (tertiary/aromatic N) is 2. The first kappa shape index (κ1) is 66.3. The number of fused-ring (bicyclic) bond motifs is 8. The minimum absolute atomic E-state index is 0.00704. The summed E-state index contributed by atoms with van der Waals surface area (Å²) in [6, 6.07) is 23.0. The zero-order valence-corrected chi connectivity index (χ0v) is 56.1. The zero-order valence-electron chi connectivity index (χ0n) is 52.9. The number of hydrogen-bond donors (Lipinski definition) is 2. The van der Waals surface area contributed by atoms with E-state index in [1.807, 2.05) is 64.1 Å². The molecule has 0 radical (unpaired) electrons. The number of carbonyl (C=O) groups is 2. The molecule has 20 heteroatoms. The average Bonchev–Trinajstić information content (AvgIpc) is 1.50. The standard InChI is InChI=1S/2C35H45ClN2O6S/c2*1-4-43-20-33-23(2)7-5-9-31(42-3)28-13-10-26(28)19-38-21-35(16-6-8-24-17-27(36)12-14-29(24)35)22-44-32-15-11-25(18-30(32)38)34(39)37-45(33,40)41/h2*5,9,11-12,14-15,17-18,23,26,28,31,33H,4,6-8,10,13,16,19-22H2,1-3H3,(H,37,39)/b2*9-5+/t23-,26-,28+,31-,33+,35-;23-,26-,28+,31-,33-,35-/m00/s1. The highest BCUT2D eigenvalue weighted by atomic mass is 35.5. The van der Waals surface area contributed by atoms with Gasteiger partial charge in [-0.05, 0) is 209 Å². The lowest BCUT2D eigenvalue weighted by Crippen LogP contribution is -2.49. The van der Waals surface area contributed by atoms with Gasteiger partial charge < -0.3 is 38.2 Å². The van der Waals surface area contributed by atoms with Crippen molar-refractivity contribution in [2.24, 2.45) is 35.5 Å². The van der Waals surface area contributed by atoms with E-state index in [1.165, 1.54) is 22.3 Å². The van der Waals surface area contributed by atoms with Crippen molar-refractivity contribution in [3.63, 3.8) is 0 Å². The number of carbonyl (C=O) groups excluding carboxylic acids is 2. The molecule has 0 saturated heterocycles. The van der Waals surface area contributed by atoms with Gasteiger partial charge in [0.15, 0.2) is 0 Å². The third-order valence-electron chi connectivity index (χ3n) is 21.0. The summed E-state index contributed by atoms with van der Waals surface area (Å²) < 4.78 is 95.7. The molecule has 4 aromatic rings. The van der Waals surface area contributed by atoms with E-state index < -0.39 is 42.4 Å². The van der Waals surface area contributed by atoms with Crippen LogP contribution in [0.15, 0.2) is 97.1 Å². The minimum atomic E-state index is -4.04. The van der Waals surface area contributed by atoms with Crippen molar-refractivity contribution in [1.29, 1.82) is 0 Å². The van der Waals surface area contributed by atoms with Crippen LogP contribution in [0.5, 0.6) is 11.5 Å². The maximum absolute atomic E-state index is 13.6. The average molecular weight is 1310 g/mol. The van der Waals surface area contributed by atoms with Gasteiger partial charge in [-0.1, -0.05) is 73.5 Å². The smallest absolute Gasteiger partial charge is 0.264 e. The normalized spacial score (nSPS) is 31.9. The number of nitrogens with one attached hydrogen (secondary N) is 2. The number of sulfonamides is 2. The molecule has 2 N–H and O–H groups in total. The SMILES string of the molecule is CCOC[C@@H]1[C@@H](C)C/C=C/[C@H](OC)[C@@H]2CC[C@H]2CN2C[C@@]3(CCCc4cc(Cl)ccc43)COc3ccc(cc32)C(=O)NS1(=O)=O.CCOC[C@H]1[C@@H](C)C/C=C/[C@H](OC)[C@@H]2CC[C@H]2CN2C[C@@]3(CCCc4cc(Cl)ccc43)COc3ccc(cc32)C(=O)NS1(=O)=O. The Labute approximate surface area is 543 Å². The summed E-state index contributed by atoms with van der Waals surface area (Å²) in [7, 11) is -4.58. The Bertz CT molecular complexity index is 3320. The first-order valence-electron chi connectivity index (χ1n) is 32.6. The summed E-state index contributed by atoms with van der Waals surface area (Å²) in [5.74, 6) is 1.02. The van der Waals surface area contributed by atoms with Crippen LogP contribution in [0.1, 0.15) is 135 Å². The van der Waals surface area contributed by atoms with Crippen LogP contribution >= 0.6 is 23.2 Å². The van der Waals surface area contributed by atoms with Crippen LogP contribution in [0.3, 0.4) is 0 Å². The number of benzene rings is 4. The van der Waals surface area contributed by atoms with Gasteiger partial charge in [0.05, 0.1) is 50.0 Å². The van der Waals surface area contributed by atoms with Crippen molar-refractivity contribution in [2.75, 3.05) is 89.8 Å². The molecule has 4 aromatic carbocycles. The Morgan fingerprint density at radius 1 is 0.589 bits per heavy atom. The number of halogens is 2. The summed E-state index contributed by atoms with van der Waals surface area (Å²) in [6.07, 6.45) is 19.5. The van der Waals surface area contributed by atoms with Gasteiger partial charge in [0.2, 0.25) is 20.0 Å². The van der Waals surface area contributed by atoms with Gasteiger partial charge in [-0.2, -0.15) is 0 Å². The lowest BCUT2D eigenvalue weighted by Gasteiger charge is -2.46. The highest BCUT2D eigenvalue weighted by molar-refractivity contribution is 7.91. The van der Waals surface area contributed by atoms with Crippen molar-refractivity contribution < 1.29 is 54.8 Å². The second-order valence-electron chi connectivity index (χ2n) is 26.6. The second-order valence-corrected chi connectivity index (χ2v) is 31.3. The Hall–Kier alpha value is -5.18. The lowest BCUT2D eigenvalue weighted by molar-refractivity contribution is 0.0130. The molecular formula is C70H90Cl2N4O12S2. The molecule has 0 aromatic heterocycles. The number of allylic oxidation sites excluding steroid dienone is 2. The number of rotatable bonds is 8. The highest BCUT2D eigenvalue weighted by Gasteiger charge is 2.47. The fourth-order valence-corrected chi connectivity index (χ4v) is 19.1. The summed E-state index contributed by atoms with van der Waals surface area (Å²) in [5, 5.41) is -0.296. The van der Waals surface area contributed by atoms with Crippen molar-refractivity contribution in [1.82, 2.24) is 9.44 Å². The Morgan fingerprint density at radius 3 is 1.39 bits per heavy atom. The largest absolute Gasteiger partial charge is 0.490 e. The molecule has 12 rings (SSSR count). The molecule has 2 fully saturated rings. The first-order valence-corrected chi connectivity index (χ1v) is 36.4. The molecule has 4 heterocycles. The molecule has 16 nitrogen and oxygen atoms in total. The summed E-state index contributed by atoms with van der Waals surface area (Å²) in [6.45, 7) is 12.3. The van der Waals surface area contributed by atoms with Crippen LogP contribution in [0, 0.1) is 35.5 Å². The molecule has 2 saturated carbocycles. The van der Waals surface area contributed by atoms with Crippen LogP contribution in [0.4, 0.5) is 11.4 Å². The fourth-order valence-electron chi connectivity index (χ4n) is 15.7. The third kappa shape index (κ3) is 14.0. The van der Waals surface area contributed by atoms with Gasteiger partial charge in [0.25, 0.3) is 11.8 Å². The van der Waals surface area contributed by atoms with Crippen LogP contribution < -0.4 is 28.7 Å². The molecule has 8 aliphatic rings. The monoisotopic (exact) mass is 1310 g/mol. The van der Waals surface area contributed by atoms with E-state index in [-0.39, 0.29) is 59.2 Å². The zero-order chi connectivity index (χ0) is 63.5. The molecule has 90 heavy (non-hydrogen) atoms. The van der Waals surface area contributed by atoms with E-state index in [9.17, 15) is 26.4 Å².